The summed E-state index contributed by atoms with van der Waals surface area (Å²) in [7, 11) is 0. The molecule has 0 bridgehead atoms. The van der Waals surface area contributed by atoms with Gasteiger partial charge in [-0.25, -0.2) is 0 Å². The number of pyridine rings is 1. The minimum atomic E-state index is -2.14. The topological polar surface area (TPSA) is 39.2 Å². The van der Waals surface area contributed by atoms with E-state index in [1.54, 1.807) is 6.20 Å². The predicted octanol–water partition coefficient (Wildman–Crippen LogP) is 2.58. The Bertz CT molecular complexity index is 416. The average molecular weight is 342 g/mol. The zero-order valence-corrected chi connectivity index (χ0v) is 14.3. The van der Waals surface area contributed by atoms with Crippen molar-refractivity contribution in [3.63, 3.8) is 0 Å². The van der Waals surface area contributed by atoms with Crippen molar-refractivity contribution in [3.8, 4) is 0 Å². The van der Waals surface area contributed by atoms with Crippen LogP contribution in [0.25, 0.3) is 0 Å². The fraction of sp³-hybridized carbons (Fsp3) is 0.538. The van der Waals surface area contributed by atoms with Crippen LogP contribution in [0, 0.1) is 0 Å². The average Bonchev–Trinajstić information content (AvgIpc) is 2.14. The zero-order chi connectivity index (χ0) is 13.3. The molecule has 0 N–H and O–H groups in total. The van der Waals surface area contributed by atoms with Crippen molar-refractivity contribution in [2.45, 2.75) is 41.2 Å². The second-order valence-electron chi connectivity index (χ2n) is 6.18. The predicted molar refractivity (Wildman–Crippen MR) is 72.4 cm³/mol. The van der Waals surface area contributed by atoms with Crippen LogP contribution < -0.4 is 3.58 Å². The first-order chi connectivity index (χ1) is 7.59. The molecule has 3 nitrogen and oxygen atoms in total. The van der Waals surface area contributed by atoms with Gasteiger partial charge >= 0.3 is 108 Å². The van der Waals surface area contributed by atoms with Crippen LogP contribution in [0.2, 0.25) is 14.8 Å². The summed E-state index contributed by atoms with van der Waals surface area (Å²) in [5, 5.41) is 0. The molecular weight excluding hydrogens is 321 g/mol. The van der Waals surface area contributed by atoms with Crippen LogP contribution in [0.3, 0.4) is 0 Å². The van der Waals surface area contributed by atoms with Crippen LogP contribution in [-0.2, 0) is 4.74 Å². The molecule has 4 heteroatoms. The van der Waals surface area contributed by atoms with Crippen LogP contribution in [0.4, 0.5) is 0 Å². The minimum absolute atomic E-state index is 0.338. The molecule has 1 aromatic heterocycles. The van der Waals surface area contributed by atoms with E-state index in [4.69, 9.17) is 4.74 Å². The van der Waals surface area contributed by atoms with Crippen molar-refractivity contribution >= 4 is 27.9 Å². The Kier molecular flexibility index (Phi) is 4.23. The maximum atomic E-state index is 11.9. The molecular formula is C13H21NO2Sn. The third-order valence-electron chi connectivity index (χ3n) is 2.23. The van der Waals surface area contributed by atoms with E-state index in [-0.39, 0.29) is 5.97 Å². The Morgan fingerprint density at radius 2 is 1.88 bits per heavy atom. The molecule has 0 spiro atoms. The molecule has 0 radical (unpaired) electrons. The molecule has 0 aromatic carbocycles. The second kappa shape index (κ2) is 4.96. The van der Waals surface area contributed by atoms with Crippen molar-refractivity contribution in [1.29, 1.82) is 0 Å². The van der Waals surface area contributed by atoms with Gasteiger partial charge in [-0.2, -0.15) is 0 Å². The Morgan fingerprint density at radius 3 is 2.35 bits per heavy atom. The Balaban J connectivity index is 2.97. The number of ether oxygens (including phenoxy) is 1. The van der Waals surface area contributed by atoms with Gasteiger partial charge in [-0.3, -0.25) is 0 Å². The Morgan fingerprint density at radius 1 is 1.29 bits per heavy atom. The van der Waals surface area contributed by atoms with Gasteiger partial charge in [0.1, 0.15) is 0 Å². The summed E-state index contributed by atoms with van der Waals surface area (Å²) in [5.74, 6) is -0.338. The van der Waals surface area contributed by atoms with Gasteiger partial charge in [-0.1, -0.05) is 0 Å². The van der Waals surface area contributed by atoms with Gasteiger partial charge < -0.3 is 0 Å². The summed E-state index contributed by atoms with van der Waals surface area (Å²) >= 11 is -2.14. The number of carbonyl (C=O) groups is 1. The van der Waals surface area contributed by atoms with E-state index in [0.29, 0.717) is 5.69 Å². The third kappa shape index (κ3) is 4.66. The summed E-state index contributed by atoms with van der Waals surface area (Å²) in [6.45, 7) is 5.58. The number of carbonyl (C=O) groups excluding carboxylic acids is 1. The summed E-state index contributed by atoms with van der Waals surface area (Å²) in [6, 6.07) is 3.91. The Labute approximate surface area is 107 Å². The van der Waals surface area contributed by atoms with Gasteiger partial charge in [0.2, 0.25) is 0 Å². The van der Waals surface area contributed by atoms with Crippen molar-refractivity contribution < 1.29 is 9.53 Å². The van der Waals surface area contributed by atoms with Gasteiger partial charge in [0, 0.05) is 0 Å². The van der Waals surface area contributed by atoms with Crippen molar-refractivity contribution in [2.75, 3.05) is 0 Å². The first kappa shape index (κ1) is 14.5. The van der Waals surface area contributed by atoms with Crippen LogP contribution in [0.15, 0.2) is 18.3 Å². The summed E-state index contributed by atoms with van der Waals surface area (Å²) in [6.07, 6.45) is 1.71. The zero-order valence-electron chi connectivity index (χ0n) is 11.5. The third-order valence-corrected chi connectivity index (χ3v) is 8.07. The molecule has 0 saturated heterocycles. The van der Waals surface area contributed by atoms with E-state index < -0.39 is 24.0 Å². The molecule has 94 valence electrons. The van der Waals surface area contributed by atoms with Crippen molar-refractivity contribution in [3.05, 3.63) is 24.0 Å². The number of hydrogen-bond donors (Lipinski definition) is 0. The number of nitrogens with zero attached hydrogens (tertiary/aromatic N) is 1. The molecule has 0 fully saturated rings. The van der Waals surface area contributed by atoms with Gasteiger partial charge in [0.25, 0.3) is 0 Å². The van der Waals surface area contributed by atoms with Crippen LogP contribution in [0.1, 0.15) is 31.3 Å². The first-order valence-corrected chi connectivity index (χ1v) is 15.8. The Hall–Kier alpha value is -0.581. The van der Waals surface area contributed by atoms with E-state index in [1.807, 2.05) is 32.9 Å². The van der Waals surface area contributed by atoms with Gasteiger partial charge in [-0.05, 0) is 0 Å². The van der Waals surface area contributed by atoms with Gasteiger partial charge in [0.15, 0.2) is 0 Å². The molecule has 17 heavy (non-hydrogen) atoms. The van der Waals surface area contributed by atoms with Crippen LogP contribution >= 0.6 is 0 Å². The van der Waals surface area contributed by atoms with Crippen LogP contribution in [-0.4, -0.2) is 34.9 Å². The molecule has 1 aromatic rings. The fourth-order valence-electron chi connectivity index (χ4n) is 1.34. The molecule has 0 amide bonds. The normalized spacial score (nSPS) is 12.4. The SMILES string of the molecule is CC(C)(C)OC(=O)c1c[c]([Sn]([CH3])([CH3])[CH3])ccn1. The standard InChI is InChI=1S/C10H12NO2.3CH3.Sn/c1-10(2,3)13-9(12)8-6-4-5-7-11-8;;;;/h5-7H,1-3H3;3*1H3;. The van der Waals surface area contributed by atoms with Crippen LogP contribution in [0.5, 0.6) is 0 Å². The second-order valence-corrected chi connectivity index (χ2v) is 20.7. The molecule has 0 aliphatic carbocycles. The molecule has 0 atom stereocenters. The van der Waals surface area contributed by atoms with Crippen molar-refractivity contribution in [2.24, 2.45) is 0 Å². The maximum absolute atomic E-state index is 11.9. The monoisotopic (exact) mass is 343 g/mol. The molecule has 1 rings (SSSR count). The van der Waals surface area contributed by atoms with Gasteiger partial charge in [-0.15, -0.1) is 0 Å². The van der Waals surface area contributed by atoms with E-state index >= 15 is 0 Å². The van der Waals surface area contributed by atoms with E-state index in [9.17, 15) is 4.79 Å². The summed E-state index contributed by atoms with van der Waals surface area (Å²) < 4.78 is 6.60. The van der Waals surface area contributed by atoms with E-state index in [2.05, 4.69) is 19.8 Å². The summed E-state index contributed by atoms with van der Waals surface area (Å²) in [5.41, 5.74) is -0.0520. The number of rotatable bonds is 2. The quantitative estimate of drug-likeness (QED) is 0.613. The first-order valence-electron chi connectivity index (χ1n) is 5.79. The molecule has 0 unspecified atom stereocenters. The molecule has 1 heterocycles. The van der Waals surface area contributed by atoms with Crippen molar-refractivity contribution in [1.82, 2.24) is 4.98 Å². The summed E-state index contributed by atoms with van der Waals surface area (Å²) in [4.78, 5) is 22.9. The molecule has 0 aliphatic rings. The van der Waals surface area contributed by atoms with Gasteiger partial charge in [0.05, 0.1) is 0 Å². The number of aromatic nitrogens is 1. The number of esters is 1. The molecule has 0 saturated carbocycles. The van der Waals surface area contributed by atoms with E-state index in [0.717, 1.165) is 0 Å². The van der Waals surface area contributed by atoms with E-state index in [1.165, 1.54) is 3.58 Å². The fourth-order valence-corrected chi connectivity index (χ4v) is 4.60. The molecule has 0 aliphatic heterocycles. The number of hydrogen-bond acceptors (Lipinski definition) is 3.